The molecule has 0 bridgehead atoms. The van der Waals surface area contributed by atoms with Crippen molar-refractivity contribution in [1.29, 1.82) is 0 Å². The van der Waals surface area contributed by atoms with E-state index in [4.69, 9.17) is 14.1 Å². The second kappa shape index (κ2) is 13.2. The molecule has 0 amide bonds. The first-order chi connectivity index (χ1) is 21.6. The van der Waals surface area contributed by atoms with E-state index in [9.17, 15) is 9.90 Å². The Balaban J connectivity index is 1.22. The van der Waals surface area contributed by atoms with Gasteiger partial charge < -0.3 is 19.6 Å². The summed E-state index contributed by atoms with van der Waals surface area (Å²) in [4.78, 5) is 30.7. The van der Waals surface area contributed by atoms with Crippen molar-refractivity contribution in [3.05, 3.63) is 87.8 Å². The van der Waals surface area contributed by atoms with Crippen LogP contribution >= 0.6 is 27.9 Å². The average molecular weight is 690 g/mol. The Kier molecular flexibility index (Phi) is 9.06. The highest BCUT2D eigenvalue weighted by atomic mass is 79.9. The van der Waals surface area contributed by atoms with Crippen LogP contribution in [0.1, 0.15) is 53.4 Å². The van der Waals surface area contributed by atoms with Crippen molar-refractivity contribution in [3.63, 3.8) is 0 Å². The van der Waals surface area contributed by atoms with E-state index < -0.39 is 5.97 Å². The normalized spacial score (nSPS) is 14.3. The van der Waals surface area contributed by atoms with E-state index in [1.165, 1.54) is 24.8 Å². The number of nitrogens with zero attached hydrogens (tertiary/aromatic N) is 4. The van der Waals surface area contributed by atoms with Gasteiger partial charge in [-0.3, -0.25) is 4.72 Å². The number of aromatic carboxylic acids is 1. The summed E-state index contributed by atoms with van der Waals surface area (Å²) in [6, 6.07) is 16.6. The van der Waals surface area contributed by atoms with Gasteiger partial charge in [0.1, 0.15) is 12.1 Å². The van der Waals surface area contributed by atoms with E-state index >= 15 is 0 Å². The highest BCUT2D eigenvalue weighted by molar-refractivity contribution is 9.10. The summed E-state index contributed by atoms with van der Waals surface area (Å²) in [5.41, 5.74) is 6.46. The van der Waals surface area contributed by atoms with Crippen molar-refractivity contribution in [1.82, 2.24) is 25.3 Å². The Morgan fingerprint density at radius 2 is 1.89 bits per heavy atom. The molecule has 1 saturated carbocycles. The zero-order valence-corrected chi connectivity index (χ0v) is 27.5. The topological polar surface area (TPSA) is 135 Å². The first-order valence-corrected chi connectivity index (χ1v) is 16.2. The second-order valence-corrected chi connectivity index (χ2v) is 13.4. The van der Waals surface area contributed by atoms with Gasteiger partial charge in [0.25, 0.3) is 0 Å². The Bertz CT molecular complexity index is 1840. The smallest absolute Gasteiger partial charge is 0.335 e. The van der Waals surface area contributed by atoms with Crippen LogP contribution in [-0.2, 0) is 6.54 Å². The third-order valence-electron chi connectivity index (χ3n) is 7.89. The van der Waals surface area contributed by atoms with Gasteiger partial charge in [-0.05, 0) is 95.7 Å². The van der Waals surface area contributed by atoms with Crippen LogP contribution in [0, 0.1) is 19.3 Å². The lowest BCUT2D eigenvalue weighted by Crippen LogP contribution is -2.36. The largest absolute Gasteiger partial charge is 0.478 e. The Morgan fingerprint density at radius 3 is 2.64 bits per heavy atom. The Labute approximate surface area is 273 Å². The van der Waals surface area contributed by atoms with Crippen LogP contribution in [0.3, 0.4) is 0 Å². The van der Waals surface area contributed by atoms with Crippen LogP contribution < -0.4 is 14.8 Å². The third-order valence-corrected chi connectivity index (χ3v) is 9.05. The number of halogens is 1. The summed E-state index contributed by atoms with van der Waals surface area (Å²) in [5.74, 6) is -0.168. The number of anilines is 1. The van der Waals surface area contributed by atoms with Crippen LogP contribution in [0.2, 0.25) is 0 Å². The van der Waals surface area contributed by atoms with Gasteiger partial charge in [0.2, 0.25) is 17.5 Å². The summed E-state index contributed by atoms with van der Waals surface area (Å²) >= 11 is 4.59. The molecule has 0 radical (unpaired) electrons. The molecule has 232 valence electrons. The van der Waals surface area contributed by atoms with Crippen LogP contribution in [0.4, 0.5) is 5.95 Å². The molecule has 10 nitrogen and oxygen atoms in total. The van der Waals surface area contributed by atoms with E-state index in [0.29, 0.717) is 40.9 Å². The molecule has 1 aliphatic rings. The monoisotopic (exact) mass is 688 g/mol. The quantitative estimate of drug-likeness (QED) is 0.106. The summed E-state index contributed by atoms with van der Waals surface area (Å²) in [6.45, 7) is 7.36. The van der Waals surface area contributed by atoms with E-state index in [0.717, 1.165) is 39.4 Å². The number of aryl methyl sites for hydroxylation is 2. The van der Waals surface area contributed by atoms with Gasteiger partial charge in [-0.25, -0.2) is 19.7 Å². The van der Waals surface area contributed by atoms with E-state index in [1.807, 2.05) is 24.3 Å². The number of fused-ring (bicyclic) bond motifs is 1. The van der Waals surface area contributed by atoms with Crippen molar-refractivity contribution in [3.8, 4) is 17.1 Å². The van der Waals surface area contributed by atoms with Crippen LogP contribution in [0.5, 0.6) is 5.88 Å². The van der Waals surface area contributed by atoms with Gasteiger partial charge in [0, 0.05) is 35.2 Å². The van der Waals surface area contributed by atoms with Gasteiger partial charge in [-0.2, -0.15) is 4.98 Å². The predicted molar refractivity (Wildman–Crippen MR) is 177 cm³/mol. The lowest BCUT2D eigenvalue weighted by Gasteiger charge is -2.22. The van der Waals surface area contributed by atoms with Gasteiger partial charge in [-0.15, -0.1) is 0 Å². The van der Waals surface area contributed by atoms with Crippen molar-refractivity contribution in [2.45, 2.75) is 57.5 Å². The molecule has 12 heteroatoms. The molecule has 6 rings (SSSR count). The third kappa shape index (κ3) is 7.81. The first kappa shape index (κ1) is 31.0. The van der Waals surface area contributed by atoms with Crippen LogP contribution in [0.25, 0.3) is 22.5 Å². The SMILES string of the molecule is Cc1cccc(C)c1-c1cc(OCC(CC2(C)CC2)NCc2cnc3oc(Br)cc3n2)nc(NSc2cccc(C(=O)O)c2)n1. The molecule has 1 unspecified atom stereocenters. The molecule has 45 heavy (non-hydrogen) atoms. The summed E-state index contributed by atoms with van der Waals surface area (Å²) in [5, 5.41) is 13.0. The predicted octanol–water partition coefficient (Wildman–Crippen LogP) is 7.60. The number of aromatic nitrogens is 4. The number of hydrogen-bond acceptors (Lipinski definition) is 10. The Morgan fingerprint density at radius 1 is 1.11 bits per heavy atom. The van der Waals surface area contributed by atoms with Crippen molar-refractivity contribution >= 4 is 51.0 Å². The van der Waals surface area contributed by atoms with Gasteiger partial charge >= 0.3 is 5.97 Å². The number of benzene rings is 2. The highest BCUT2D eigenvalue weighted by Crippen LogP contribution is 2.49. The maximum atomic E-state index is 11.4. The average Bonchev–Trinajstić information content (AvgIpc) is 3.62. The number of carbonyl (C=O) groups is 1. The standard InChI is InChI=1S/C33H33BrN6O4S/c1-19-6-4-7-20(2)29(19)25-14-28(39-32(38-25)40-45-24-9-5-8-21(12-24)31(41)42)43-18-22(15-33(3)10-11-33)35-16-23-17-36-30-26(37-23)13-27(34)44-30/h4-9,12-14,17,22,35H,10-11,15-16,18H2,1-3H3,(H,41,42)(H,38,39,40). The van der Waals surface area contributed by atoms with E-state index in [2.05, 4.69) is 73.8 Å². The minimum Gasteiger partial charge on any atom is -0.478 e. The maximum absolute atomic E-state index is 11.4. The van der Waals surface area contributed by atoms with Crippen molar-refractivity contribution in [2.75, 3.05) is 11.3 Å². The fraction of sp³-hybridized carbons (Fsp3) is 0.303. The molecule has 5 aromatic rings. The van der Waals surface area contributed by atoms with E-state index in [1.54, 1.807) is 24.4 Å². The fourth-order valence-electron chi connectivity index (χ4n) is 5.24. The minimum atomic E-state index is -0.980. The number of carboxylic acid groups (broad SMARTS) is 1. The molecule has 1 fully saturated rings. The minimum absolute atomic E-state index is 0.0502. The summed E-state index contributed by atoms with van der Waals surface area (Å²) in [7, 11) is 0. The van der Waals surface area contributed by atoms with Gasteiger partial charge in [0.15, 0.2) is 4.67 Å². The summed E-state index contributed by atoms with van der Waals surface area (Å²) < 4.78 is 15.7. The molecule has 3 N–H and O–H groups in total. The number of ether oxygens (including phenoxy) is 1. The van der Waals surface area contributed by atoms with Gasteiger partial charge in [-0.1, -0.05) is 31.2 Å². The maximum Gasteiger partial charge on any atom is 0.335 e. The molecule has 3 aromatic heterocycles. The molecule has 2 aromatic carbocycles. The van der Waals surface area contributed by atoms with Crippen molar-refractivity contribution in [2.24, 2.45) is 5.41 Å². The number of hydrogen-bond donors (Lipinski definition) is 3. The highest BCUT2D eigenvalue weighted by Gasteiger charge is 2.39. The number of rotatable bonds is 13. The molecule has 0 saturated heterocycles. The lowest BCUT2D eigenvalue weighted by atomic mass is 9.99. The summed E-state index contributed by atoms with van der Waals surface area (Å²) in [6.07, 6.45) is 5.07. The van der Waals surface area contributed by atoms with Gasteiger partial charge in [0.05, 0.1) is 23.1 Å². The zero-order valence-electron chi connectivity index (χ0n) is 25.1. The number of carboxylic acids is 1. The van der Waals surface area contributed by atoms with Crippen LogP contribution in [-0.4, -0.2) is 43.7 Å². The Hall–Kier alpha value is -4.00. The molecule has 0 aliphatic heterocycles. The number of nitrogens with one attached hydrogen (secondary N) is 2. The van der Waals surface area contributed by atoms with Crippen molar-refractivity contribution < 1.29 is 19.1 Å². The molecule has 0 spiro atoms. The second-order valence-electron chi connectivity index (χ2n) is 11.7. The molecular formula is C33H33BrN6O4S. The van der Waals surface area contributed by atoms with Crippen LogP contribution in [0.15, 0.2) is 74.8 Å². The molecule has 1 aliphatic carbocycles. The first-order valence-electron chi connectivity index (χ1n) is 14.6. The fourth-order valence-corrected chi connectivity index (χ4v) is 6.25. The molecule has 3 heterocycles. The zero-order chi connectivity index (χ0) is 31.6. The molecular weight excluding hydrogens is 656 g/mol. The van der Waals surface area contributed by atoms with E-state index in [-0.39, 0.29) is 17.0 Å². The number of furan rings is 1. The molecule has 1 atom stereocenters. The lowest BCUT2D eigenvalue weighted by molar-refractivity contribution is 0.0696.